The molecule has 3 aromatic rings. The summed E-state index contributed by atoms with van der Waals surface area (Å²) in [7, 11) is 0. The maximum Gasteiger partial charge on any atom is 0.234 e. The summed E-state index contributed by atoms with van der Waals surface area (Å²) in [6.07, 6.45) is 1.62. The van der Waals surface area contributed by atoms with Crippen LogP contribution in [0.1, 0.15) is 5.56 Å². The molecule has 0 fully saturated rings. The van der Waals surface area contributed by atoms with Gasteiger partial charge in [-0.2, -0.15) is 0 Å². The van der Waals surface area contributed by atoms with E-state index in [1.807, 2.05) is 35.8 Å². The van der Waals surface area contributed by atoms with E-state index in [0.717, 1.165) is 5.69 Å². The number of nitrogens with zero attached hydrogens (tertiary/aromatic N) is 3. The van der Waals surface area contributed by atoms with Crippen molar-refractivity contribution in [3.05, 3.63) is 64.4 Å². The van der Waals surface area contributed by atoms with Crippen molar-refractivity contribution in [2.24, 2.45) is 0 Å². The molecule has 0 spiro atoms. The van der Waals surface area contributed by atoms with E-state index in [2.05, 4.69) is 15.5 Å². The van der Waals surface area contributed by atoms with Crippen molar-refractivity contribution in [1.82, 2.24) is 14.8 Å². The number of aryl methyl sites for hydroxylation is 1. The van der Waals surface area contributed by atoms with Gasteiger partial charge in [-0.25, -0.2) is 0 Å². The van der Waals surface area contributed by atoms with Crippen molar-refractivity contribution in [1.29, 1.82) is 0 Å². The minimum atomic E-state index is -0.201. The summed E-state index contributed by atoms with van der Waals surface area (Å²) in [6, 6.07) is 12.9. The minimum Gasteiger partial charge on any atom is -0.324 e. The van der Waals surface area contributed by atoms with Crippen LogP contribution in [-0.2, 0) is 4.79 Å². The Hall–Kier alpha value is -2.02. The Balaban J connectivity index is 1.66. The SMILES string of the molecule is Cc1ccc(-n2cnnc2SCC(=O)Nc2cc(Cl)ccc2Cl)cc1. The topological polar surface area (TPSA) is 59.8 Å². The van der Waals surface area contributed by atoms with E-state index >= 15 is 0 Å². The Bertz CT molecular complexity index is 896. The van der Waals surface area contributed by atoms with Crippen molar-refractivity contribution < 1.29 is 4.79 Å². The second-order valence-corrected chi connectivity index (χ2v) is 7.07. The normalized spacial score (nSPS) is 10.7. The number of carbonyl (C=O) groups is 1. The highest BCUT2D eigenvalue weighted by Crippen LogP contribution is 2.26. The summed E-state index contributed by atoms with van der Waals surface area (Å²) in [5.74, 6) is -0.0273. The minimum absolute atomic E-state index is 0.174. The summed E-state index contributed by atoms with van der Waals surface area (Å²) in [6.45, 7) is 2.02. The molecule has 0 atom stereocenters. The fourth-order valence-corrected chi connectivity index (χ4v) is 3.18. The molecular weight excluding hydrogens is 379 g/mol. The molecule has 2 aromatic carbocycles. The lowest BCUT2D eigenvalue weighted by Crippen LogP contribution is -2.14. The van der Waals surface area contributed by atoms with Crippen LogP contribution in [0.3, 0.4) is 0 Å². The number of rotatable bonds is 5. The molecule has 0 bridgehead atoms. The molecule has 0 saturated carbocycles. The maximum absolute atomic E-state index is 12.2. The van der Waals surface area contributed by atoms with E-state index in [0.29, 0.717) is 20.9 Å². The molecular formula is C17H14Cl2N4OS. The first-order chi connectivity index (χ1) is 12.0. The largest absolute Gasteiger partial charge is 0.324 e. The molecule has 25 heavy (non-hydrogen) atoms. The highest BCUT2D eigenvalue weighted by molar-refractivity contribution is 7.99. The lowest BCUT2D eigenvalue weighted by Gasteiger charge is -2.08. The van der Waals surface area contributed by atoms with Crippen molar-refractivity contribution in [2.75, 3.05) is 11.1 Å². The predicted octanol–water partition coefficient (Wildman–Crippen LogP) is 4.61. The molecule has 0 saturated heterocycles. The first kappa shape index (κ1) is 17.8. The smallest absolute Gasteiger partial charge is 0.234 e. The first-order valence-electron chi connectivity index (χ1n) is 7.38. The summed E-state index contributed by atoms with van der Waals surface area (Å²) in [5, 5.41) is 12.3. The molecule has 0 aliphatic rings. The van der Waals surface area contributed by atoms with Gasteiger partial charge in [-0.05, 0) is 37.3 Å². The van der Waals surface area contributed by atoms with Gasteiger partial charge in [0, 0.05) is 10.7 Å². The van der Waals surface area contributed by atoms with Crippen LogP contribution in [0.25, 0.3) is 5.69 Å². The molecule has 0 unspecified atom stereocenters. The number of thioether (sulfide) groups is 1. The number of anilines is 1. The van der Waals surface area contributed by atoms with E-state index in [-0.39, 0.29) is 11.7 Å². The second kappa shape index (κ2) is 7.91. The van der Waals surface area contributed by atoms with Crippen molar-refractivity contribution in [3.63, 3.8) is 0 Å². The fraction of sp³-hybridized carbons (Fsp3) is 0.118. The van der Waals surface area contributed by atoms with Crippen LogP contribution in [0.4, 0.5) is 5.69 Å². The monoisotopic (exact) mass is 392 g/mol. The zero-order chi connectivity index (χ0) is 17.8. The van der Waals surface area contributed by atoms with Crippen LogP contribution in [0, 0.1) is 6.92 Å². The van der Waals surface area contributed by atoms with Crippen LogP contribution < -0.4 is 5.32 Å². The Morgan fingerprint density at radius 3 is 2.72 bits per heavy atom. The molecule has 1 heterocycles. The van der Waals surface area contributed by atoms with E-state index in [4.69, 9.17) is 23.2 Å². The first-order valence-corrected chi connectivity index (χ1v) is 9.12. The molecule has 0 aliphatic carbocycles. The van der Waals surface area contributed by atoms with Gasteiger partial charge in [0.1, 0.15) is 6.33 Å². The van der Waals surface area contributed by atoms with Crippen LogP contribution >= 0.6 is 35.0 Å². The zero-order valence-electron chi connectivity index (χ0n) is 13.2. The Kier molecular flexibility index (Phi) is 5.63. The summed E-state index contributed by atoms with van der Waals surface area (Å²) in [4.78, 5) is 12.2. The lowest BCUT2D eigenvalue weighted by molar-refractivity contribution is -0.113. The Morgan fingerprint density at radius 1 is 1.20 bits per heavy atom. The summed E-state index contributed by atoms with van der Waals surface area (Å²) in [5.41, 5.74) is 2.60. The van der Waals surface area contributed by atoms with E-state index in [9.17, 15) is 4.79 Å². The number of hydrogen-bond acceptors (Lipinski definition) is 4. The average molecular weight is 393 g/mol. The predicted molar refractivity (Wildman–Crippen MR) is 102 cm³/mol. The van der Waals surface area contributed by atoms with E-state index < -0.39 is 0 Å². The molecule has 1 amide bonds. The number of carbonyl (C=O) groups excluding carboxylic acids is 1. The van der Waals surface area contributed by atoms with Crippen LogP contribution in [0.5, 0.6) is 0 Å². The van der Waals surface area contributed by atoms with Crippen molar-refractivity contribution in [3.8, 4) is 5.69 Å². The molecule has 0 radical (unpaired) electrons. The summed E-state index contributed by atoms with van der Waals surface area (Å²) >= 11 is 13.3. The van der Waals surface area contributed by atoms with Gasteiger partial charge in [-0.3, -0.25) is 9.36 Å². The quantitative estimate of drug-likeness (QED) is 0.643. The molecule has 0 aliphatic heterocycles. The molecule has 8 heteroatoms. The van der Waals surface area contributed by atoms with Gasteiger partial charge in [-0.15, -0.1) is 10.2 Å². The third-order valence-electron chi connectivity index (χ3n) is 3.36. The molecule has 3 rings (SSSR count). The van der Waals surface area contributed by atoms with Gasteiger partial charge < -0.3 is 5.32 Å². The van der Waals surface area contributed by atoms with E-state index in [1.54, 1.807) is 24.5 Å². The number of benzene rings is 2. The highest BCUT2D eigenvalue weighted by atomic mass is 35.5. The molecule has 5 nitrogen and oxygen atoms in total. The summed E-state index contributed by atoms with van der Waals surface area (Å²) < 4.78 is 1.84. The maximum atomic E-state index is 12.2. The van der Waals surface area contributed by atoms with Gasteiger partial charge in [0.05, 0.1) is 16.5 Å². The lowest BCUT2D eigenvalue weighted by atomic mass is 10.2. The molecule has 128 valence electrons. The van der Waals surface area contributed by atoms with Gasteiger partial charge in [-0.1, -0.05) is 52.7 Å². The van der Waals surface area contributed by atoms with Gasteiger partial charge >= 0.3 is 0 Å². The van der Waals surface area contributed by atoms with Gasteiger partial charge in [0.2, 0.25) is 5.91 Å². The Labute approximate surface area is 159 Å². The Morgan fingerprint density at radius 2 is 1.96 bits per heavy atom. The zero-order valence-corrected chi connectivity index (χ0v) is 15.6. The van der Waals surface area contributed by atoms with Crippen molar-refractivity contribution in [2.45, 2.75) is 12.1 Å². The number of aromatic nitrogens is 3. The number of hydrogen-bond donors (Lipinski definition) is 1. The number of halogens is 2. The third kappa shape index (κ3) is 4.54. The van der Waals surface area contributed by atoms with Crippen LogP contribution in [0.15, 0.2) is 53.9 Å². The highest BCUT2D eigenvalue weighted by Gasteiger charge is 2.11. The van der Waals surface area contributed by atoms with Gasteiger partial charge in [0.15, 0.2) is 5.16 Å². The van der Waals surface area contributed by atoms with Crippen molar-refractivity contribution >= 4 is 46.6 Å². The van der Waals surface area contributed by atoms with Gasteiger partial charge in [0.25, 0.3) is 0 Å². The second-order valence-electron chi connectivity index (χ2n) is 5.28. The fourth-order valence-electron chi connectivity index (χ4n) is 2.11. The standard InChI is InChI=1S/C17H14Cl2N4OS/c1-11-2-5-13(6-3-11)23-10-20-22-17(23)25-9-16(24)21-15-8-12(18)4-7-14(15)19/h2-8,10H,9H2,1H3,(H,21,24). The van der Waals surface area contributed by atoms with Crippen LogP contribution in [-0.4, -0.2) is 26.4 Å². The molecule has 1 aromatic heterocycles. The number of nitrogens with one attached hydrogen (secondary N) is 1. The van der Waals surface area contributed by atoms with Crippen LogP contribution in [0.2, 0.25) is 10.0 Å². The molecule has 1 N–H and O–H groups in total. The third-order valence-corrected chi connectivity index (χ3v) is 4.87. The average Bonchev–Trinajstić information content (AvgIpc) is 3.05. The number of amides is 1. The van der Waals surface area contributed by atoms with E-state index in [1.165, 1.54) is 17.3 Å².